The van der Waals surface area contributed by atoms with Gasteiger partial charge in [-0.05, 0) is 20.8 Å². The van der Waals surface area contributed by atoms with E-state index in [0.29, 0.717) is 0 Å². The molecule has 0 aliphatic heterocycles. The Balaban J connectivity index is 5.22. The van der Waals surface area contributed by atoms with Gasteiger partial charge in [0.2, 0.25) is 0 Å². The summed E-state index contributed by atoms with van der Waals surface area (Å²) >= 11 is 0. The van der Waals surface area contributed by atoms with Gasteiger partial charge in [-0.25, -0.2) is 0 Å². The van der Waals surface area contributed by atoms with Gasteiger partial charge in [0.15, 0.2) is 4.87 Å². The molecule has 6 nitrogen and oxygen atoms in total. The minimum Gasteiger partial charge on any atom is -0.390 e. The van der Waals surface area contributed by atoms with Crippen molar-refractivity contribution in [1.29, 1.82) is 0 Å². The molecule has 0 amide bonds. The van der Waals surface area contributed by atoms with Crippen LogP contribution in [0.25, 0.3) is 0 Å². The average Bonchev–Trinajstić information content (AvgIpc) is 2.01. The van der Waals surface area contributed by atoms with E-state index in [-0.39, 0.29) is 6.61 Å². The zero-order valence-corrected chi connectivity index (χ0v) is 9.28. The van der Waals surface area contributed by atoms with E-state index < -0.39 is 27.2 Å². The van der Waals surface area contributed by atoms with E-state index >= 15 is 0 Å². The molecule has 0 rings (SSSR count). The first kappa shape index (κ1) is 13.8. The van der Waals surface area contributed by atoms with Crippen LogP contribution in [-0.2, 0) is 14.3 Å². The fourth-order valence-corrected chi connectivity index (χ4v) is 2.37. The number of rotatable bonds is 5. The van der Waals surface area contributed by atoms with E-state index in [1.54, 1.807) is 0 Å². The molecule has 0 spiro atoms. The highest BCUT2D eigenvalue weighted by molar-refractivity contribution is 7.88. The van der Waals surface area contributed by atoms with Crippen LogP contribution in [0.1, 0.15) is 20.8 Å². The lowest BCUT2D eigenvalue weighted by Gasteiger charge is -2.33. The van der Waals surface area contributed by atoms with Crippen molar-refractivity contribution in [1.82, 2.24) is 0 Å². The van der Waals surface area contributed by atoms with Gasteiger partial charge in [-0.2, -0.15) is 8.42 Å². The summed E-state index contributed by atoms with van der Waals surface area (Å²) in [4.78, 5) is -2.19. The fraction of sp³-hybridized carbons (Fsp3) is 1.00. The zero-order chi connectivity index (χ0) is 11.6. The van der Waals surface area contributed by atoms with Crippen molar-refractivity contribution in [3.8, 4) is 0 Å². The summed E-state index contributed by atoms with van der Waals surface area (Å²) in [6.07, 6.45) is -2.86. The van der Waals surface area contributed by atoms with Crippen LogP contribution >= 0.6 is 0 Å². The molecule has 2 unspecified atom stereocenters. The van der Waals surface area contributed by atoms with E-state index in [4.69, 9.17) is 5.73 Å². The monoisotopic (exact) mass is 227 g/mol. The third kappa shape index (κ3) is 2.23. The fourth-order valence-electron chi connectivity index (χ4n) is 1.02. The molecule has 86 valence electrons. The molecule has 0 fully saturated rings. The number of hydrogen-bond donors (Lipinski definition) is 3. The Bertz CT molecular complexity index is 264. The Labute approximate surface area is 83.8 Å². The van der Waals surface area contributed by atoms with E-state index in [2.05, 4.69) is 4.18 Å². The van der Waals surface area contributed by atoms with Gasteiger partial charge in [0.25, 0.3) is 10.1 Å². The predicted octanol–water partition coefficient (Wildman–Crippen LogP) is -1.23. The lowest BCUT2D eigenvalue weighted by atomic mass is 10.1. The molecule has 0 aromatic carbocycles. The zero-order valence-electron chi connectivity index (χ0n) is 8.47. The molecular weight excluding hydrogens is 210 g/mol. The van der Waals surface area contributed by atoms with Crippen LogP contribution in [0.5, 0.6) is 0 Å². The third-order valence-electron chi connectivity index (χ3n) is 2.01. The number of nitrogens with two attached hydrogens (primary N) is 1. The largest absolute Gasteiger partial charge is 0.390 e. The van der Waals surface area contributed by atoms with Crippen LogP contribution in [0.2, 0.25) is 0 Å². The summed E-state index contributed by atoms with van der Waals surface area (Å²) < 4.78 is 27.4. The average molecular weight is 227 g/mol. The van der Waals surface area contributed by atoms with Crippen LogP contribution in [0.15, 0.2) is 0 Å². The van der Waals surface area contributed by atoms with Gasteiger partial charge in [-0.3, -0.25) is 4.18 Å². The van der Waals surface area contributed by atoms with Gasteiger partial charge in [-0.1, -0.05) is 0 Å². The first-order valence-electron chi connectivity index (χ1n) is 4.24. The number of aliphatic hydroxyl groups excluding tert-OH is 2. The van der Waals surface area contributed by atoms with Crippen molar-refractivity contribution >= 4 is 10.1 Å². The molecule has 0 saturated carbocycles. The van der Waals surface area contributed by atoms with E-state index in [0.717, 1.165) is 0 Å². The molecule has 0 radical (unpaired) electrons. The first-order chi connectivity index (χ1) is 6.20. The molecule has 0 aliphatic carbocycles. The second kappa shape index (κ2) is 4.54. The van der Waals surface area contributed by atoms with Crippen molar-refractivity contribution in [3.05, 3.63) is 0 Å². The van der Waals surface area contributed by atoms with E-state index in [9.17, 15) is 18.6 Å². The van der Waals surface area contributed by atoms with Crippen LogP contribution in [0.4, 0.5) is 0 Å². The molecule has 0 aromatic heterocycles. The molecular formula is C7H17NO5S. The lowest BCUT2D eigenvalue weighted by molar-refractivity contribution is 0.0456. The summed E-state index contributed by atoms with van der Waals surface area (Å²) in [5, 5.41) is 18.5. The standard InChI is InChI=1S/C7H17NO5S/c1-4-13-14(11,12)7(8,5(2)9)6(3)10/h5-6,9-10H,4,8H2,1-3H3. The summed E-state index contributed by atoms with van der Waals surface area (Å²) in [5.41, 5.74) is 5.43. The molecule has 0 bridgehead atoms. The predicted molar refractivity (Wildman–Crippen MR) is 50.8 cm³/mol. The van der Waals surface area contributed by atoms with Crippen molar-refractivity contribution in [2.24, 2.45) is 5.73 Å². The lowest BCUT2D eigenvalue weighted by Crippen LogP contribution is -2.63. The topological polar surface area (TPSA) is 110 Å². The van der Waals surface area contributed by atoms with Gasteiger partial charge in [0, 0.05) is 0 Å². The second-order valence-corrected chi connectivity index (χ2v) is 4.92. The van der Waals surface area contributed by atoms with Crippen molar-refractivity contribution in [3.63, 3.8) is 0 Å². The van der Waals surface area contributed by atoms with Crippen molar-refractivity contribution in [2.45, 2.75) is 37.9 Å². The SMILES string of the molecule is CCOS(=O)(=O)C(N)(C(C)O)C(C)O. The Morgan fingerprint density at radius 1 is 1.36 bits per heavy atom. The number of hydrogen-bond acceptors (Lipinski definition) is 6. The van der Waals surface area contributed by atoms with Gasteiger partial charge < -0.3 is 15.9 Å². The Kier molecular flexibility index (Phi) is 4.47. The normalized spacial score (nSPS) is 21.3. The van der Waals surface area contributed by atoms with Gasteiger partial charge >= 0.3 is 0 Å². The maximum absolute atomic E-state index is 11.5. The van der Waals surface area contributed by atoms with Crippen LogP contribution in [0, 0.1) is 0 Å². The van der Waals surface area contributed by atoms with E-state index in [1.165, 1.54) is 20.8 Å². The Hall–Kier alpha value is -0.210. The van der Waals surface area contributed by atoms with Crippen LogP contribution in [-0.4, -0.2) is 42.3 Å². The van der Waals surface area contributed by atoms with Gasteiger partial charge in [0.05, 0.1) is 18.8 Å². The first-order valence-corrected chi connectivity index (χ1v) is 5.65. The highest BCUT2D eigenvalue weighted by Gasteiger charge is 2.49. The minimum atomic E-state index is -4.19. The molecule has 0 heterocycles. The van der Waals surface area contributed by atoms with Crippen LogP contribution in [0.3, 0.4) is 0 Å². The third-order valence-corrected chi connectivity index (χ3v) is 4.11. The van der Waals surface area contributed by atoms with E-state index in [1.807, 2.05) is 0 Å². The second-order valence-electron chi connectivity index (χ2n) is 3.07. The van der Waals surface area contributed by atoms with Crippen molar-refractivity contribution < 1.29 is 22.8 Å². The minimum absolute atomic E-state index is 0.0965. The summed E-state index contributed by atoms with van der Waals surface area (Å²) in [5.74, 6) is 0. The maximum Gasteiger partial charge on any atom is 0.291 e. The summed E-state index contributed by atoms with van der Waals surface area (Å²) in [7, 11) is -4.19. The Morgan fingerprint density at radius 2 is 1.71 bits per heavy atom. The maximum atomic E-state index is 11.5. The molecule has 2 atom stereocenters. The molecule has 0 saturated heterocycles. The van der Waals surface area contributed by atoms with Crippen LogP contribution < -0.4 is 5.73 Å². The Morgan fingerprint density at radius 3 is 1.93 bits per heavy atom. The highest BCUT2D eigenvalue weighted by Crippen LogP contribution is 2.22. The van der Waals surface area contributed by atoms with Gasteiger partial charge in [0.1, 0.15) is 0 Å². The highest BCUT2D eigenvalue weighted by atomic mass is 32.2. The van der Waals surface area contributed by atoms with Crippen molar-refractivity contribution in [2.75, 3.05) is 6.61 Å². The molecule has 4 N–H and O–H groups in total. The molecule has 14 heavy (non-hydrogen) atoms. The van der Waals surface area contributed by atoms with Gasteiger partial charge in [-0.15, -0.1) is 0 Å². The summed E-state index contributed by atoms with van der Waals surface area (Å²) in [6, 6.07) is 0. The molecule has 0 aliphatic rings. The molecule has 7 heteroatoms. The quantitative estimate of drug-likeness (QED) is 0.507. The number of aliphatic hydroxyl groups is 2. The molecule has 0 aromatic rings. The smallest absolute Gasteiger partial charge is 0.291 e. The summed E-state index contributed by atoms with van der Waals surface area (Å²) in [6.45, 7) is 3.75.